The Kier molecular flexibility index (Phi) is 4.70. The number of amides is 2. The lowest BCUT2D eigenvalue weighted by Gasteiger charge is -2.30. The maximum atomic E-state index is 13.4. The van der Waals surface area contributed by atoms with E-state index in [2.05, 4.69) is 10.3 Å². The number of carbonyl (C=O) groups excluding carboxylic acids is 2. The molecule has 0 bridgehead atoms. The van der Waals surface area contributed by atoms with Crippen molar-refractivity contribution in [1.82, 2.24) is 9.88 Å². The summed E-state index contributed by atoms with van der Waals surface area (Å²) in [5.41, 5.74) is 1.81. The molecule has 1 fully saturated rings. The van der Waals surface area contributed by atoms with Gasteiger partial charge in [-0.2, -0.15) is 0 Å². The molecule has 4 rings (SSSR count). The van der Waals surface area contributed by atoms with E-state index >= 15 is 0 Å². The maximum absolute atomic E-state index is 13.4. The second kappa shape index (κ2) is 7.15. The van der Waals surface area contributed by atoms with E-state index in [1.165, 1.54) is 11.1 Å². The normalized spacial score (nSPS) is 19.0. The third-order valence-electron chi connectivity index (χ3n) is 4.79. The van der Waals surface area contributed by atoms with Crippen LogP contribution in [0.2, 0.25) is 5.02 Å². The summed E-state index contributed by atoms with van der Waals surface area (Å²) >= 11 is 5.92. The zero-order chi connectivity index (χ0) is 19.0. The highest BCUT2D eigenvalue weighted by molar-refractivity contribution is 6.30. The molecule has 0 aliphatic carbocycles. The van der Waals surface area contributed by atoms with Gasteiger partial charge in [0, 0.05) is 17.8 Å². The SMILES string of the molecule is O=C(c1cnc2c(c1)N(Cc1ccc(Cl)cc1)C(=O)CN2)N1CC[C@@H](F)C1. The Balaban J connectivity index is 1.63. The molecule has 1 aromatic carbocycles. The number of pyridine rings is 1. The number of anilines is 2. The van der Waals surface area contributed by atoms with Gasteiger partial charge in [-0.15, -0.1) is 0 Å². The van der Waals surface area contributed by atoms with Crippen LogP contribution in [0.3, 0.4) is 0 Å². The Labute approximate surface area is 160 Å². The Morgan fingerprint density at radius 3 is 2.81 bits per heavy atom. The number of halogens is 2. The van der Waals surface area contributed by atoms with E-state index in [0.717, 1.165) is 5.56 Å². The van der Waals surface area contributed by atoms with Crippen molar-refractivity contribution >= 4 is 34.9 Å². The molecule has 0 spiro atoms. The Hall–Kier alpha value is -2.67. The number of benzene rings is 1. The van der Waals surface area contributed by atoms with Gasteiger partial charge in [0.05, 0.1) is 30.9 Å². The van der Waals surface area contributed by atoms with Crippen LogP contribution >= 0.6 is 11.6 Å². The lowest BCUT2D eigenvalue weighted by Crippen LogP contribution is -2.40. The van der Waals surface area contributed by atoms with Crippen LogP contribution in [0, 0.1) is 0 Å². The molecule has 2 amide bonds. The fourth-order valence-electron chi connectivity index (χ4n) is 3.33. The number of carbonyl (C=O) groups is 2. The number of fused-ring (bicyclic) bond motifs is 1. The standard InChI is InChI=1S/C19H18ClFN4O2/c20-14-3-1-12(2-4-14)10-25-16-7-13(8-22-18(16)23-9-17(25)26)19(27)24-6-5-15(21)11-24/h1-4,7-8,15H,5-6,9-11H2,(H,22,23)/t15-/m1/s1. The summed E-state index contributed by atoms with van der Waals surface area (Å²) in [6.45, 7) is 0.973. The molecule has 1 aromatic heterocycles. The lowest BCUT2D eigenvalue weighted by atomic mass is 10.1. The van der Waals surface area contributed by atoms with Gasteiger partial charge < -0.3 is 15.1 Å². The smallest absolute Gasteiger partial charge is 0.255 e. The summed E-state index contributed by atoms with van der Waals surface area (Å²) < 4.78 is 13.4. The van der Waals surface area contributed by atoms with E-state index in [1.54, 1.807) is 23.1 Å². The van der Waals surface area contributed by atoms with E-state index in [9.17, 15) is 14.0 Å². The first-order chi connectivity index (χ1) is 13.0. The molecule has 3 heterocycles. The molecule has 0 unspecified atom stereocenters. The Morgan fingerprint density at radius 1 is 1.33 bits per heavy atom. The summed E-state index contributed by atoms with van der Waals surface area (Å²) in [5, 5.41) is 3.59. The highest BCUT2D eigenvalue weighted by atomic mass is 35.5. The van der Waals surface area contributed by atoms with Crippen LogP contribution in [0.1, 0.15) is 22.3 Å². The van der Waals surface area contributed by atoms with E-state index < -0.39 is 6.17 Å². The zero-order valence-electron chi connectivity index (χ0n) is 14.5. The van der Waals surface area contributed by atoms with Crippen LogP contribution in [0.4, 0.5) is 15.9 Å². The maximum Gasteiger partial charge on any atom is 0.255 e. The van der Waals surface area contributed by atoms with Crippen LogP contribution in [-0.4, -0.2) is 47.5 Å². The predicted octanol–water partition coefficient (Wildman–Crippen LogP) is 2.88. The first-order valence-electron chi connectivity index (χ1n) is 8.73. The van der Waals surface area contributed by atoms with Gasteiger partial charge in [-0.05, 0) is 30.2 Å². The van der Waals surface area contributed by atoms with Crippen molar-refractivity contribution < 1.29 is 14.0 Å². The number of rotatable bonds is 3. The van der Waals surface area contributed by atoms with Gasteiger partial charge in [-0.1, -0.05) is 23.7 Å². The van der Waals surface area contributed by atoms with Gasteiger partial charge in [0.1, 0.15) is 6.17 Å². The van der Waals surface area contributed by atoms with Crippen molar-refractivity contribution in [3.63, 3.8) is 0 Å². The molecular weight excluding hydrogens is 371 g/mol. The highest BCUT2D eigenvalue weighted by Gasteiger charge is 2.30. The van der Waals surface area contributed by atoms with Crippen LogP contribution in [-0.2, 0) is 11.3 Å². The molecule has 8 heteroatoms. The second-order valence-corrected chi connectivity index (χ2v) is 7.13. The average Bonchev–Trinajstić information content (AvgIpc) is 3.11. The number of hydrogen-bond donors (Lipinski definition) is 1. The quantitative estimate of drug-likeness (QED) is 0.878. The predicted molar refractivity (Wildman–Crippen MR) is 101 cm³/mol. The van der Waals surface area contributed by atoms with E-state index in [0.29, 0.717) is 41.6 Å². The van der Waals surface area contributed by atoms with Gasteiger partial charge >= 0.3 is 0 Å². The zero-order valence-corrected chi connectivity index (χ0v) is 15.2. The third kappa shape index (κ3) is 3.60. The minimum absolute atomic E-state index is 0.0988. The van der Waals surface area contributed by atoms with E-state index in [-0.39, 0.29) is 24.9 Å². The molecule has 2 aromatic rings. The van der Waals surface area contributed by atoms with Gasteiger partial charge in [0.15, 0.2) is 5.82 Å². The number of alkyl halides is 1. The van der Waals surface area contributed by atoms with Gasteiger partial charge in [0.25, 0.3) is 5.91 Å². The molecule has 140 valence electrons. The number of likely N-dealkylation sites (tertiary alicyclic amines) is 1. The van der Waals surface area contributed by atoms with Crippen molar-refractivity contribution in [1.29, 1.82) is 0 Å². The van der Waals surface area contributed by atoms with Crippen molar-refractivity contribution in [3.05, 3.63) is 52.7 Å². The van der Waals surface area contributed by atoms with E-state index in [1.807, 2.05) is 12.1 Å². The molecular formula is C19H18ClFN4O2. The van der Waals surface area contributed by atoms with Crippen LogP contribution in [0.25, 0.3) is 0 Å². The first kappa shape index (κ1) is 17.7. The van der Waals surface area contributed by atoms with Crippen molar-refractivity contribution in [2.75, 3.05) is 29.9 Å². The van der Waals surface area contributed by atoms with Crippen molar-refractivity contribution in [2.45, 2.75) is 19.1 Å². The molecule has 1 atom stereocenters. The number of nitrogens with zero attached hydrogens (tertiary/aromatic N) is 3. The van der Waals surface area contributed by atoms with Crippen molar-refractivity contribution in [3.8, 4) is 0 Å². The van der Waals surface area contributed by atoms with Gasteiger partial charge in [0.2, 0.25) is 5.91 Å². The summed E-state index contributed by atoms with van der Waals surface area (Å²) in [5.74, 6) is 0.161. The fraction of sp³-hybridized carbons (Fsp3) is 0.316. The Bertz CT molecular complexity index is 890. The molecule has 2 aliphatic rings. The van der Waals surface area contributed by atoms with Crippen molar-refractivity contribution in [2.24, 2.45) is 0 Å². The Morgan fingerprint density at radius 2 is 2.11 bits per heavy atom. The topological polar surface area (TPSA) is 65.5 Å². The molecule has 0 saturated carbocycles. The summed E-state index contributed by atoms with van der Waals surface area (Å²) in [4.78, 5) is 32.5. The fourth-order valence-corrected chi connectivity index (χ4v) is 3.46. The molecule has 6 nitrogen and oxygen atoms in total. The van der Waals surface area contributed by atoms with Crippen LogP contribution in [0.5, 0.6) is 0 Å². The van der Waals surface area contributed by atoms with E-state index in [4.69, 9.17) is 11.6 Å². The molecule has 1 saturated heterocycles. The number of hydrogen-bond acceptors (Lipinski definition) is 4. The minimum Gasteiger partial charge on any atom is -0.359 e. The summed E-state index contributed by atoms with van der Waals surface area (Å²) in [6.07, 6.45) is 0.840. The largest absolute Gasteiger partial charge is 0.359 e. The molecule has 1 N–H and O–H groups in total. The molecule has 0 radical (unpaired) electrons. The molecule has 2 aliphatic heterocycles. The minimum atomic E-state index is -0.982. The third-order valence-corrected chi connectivity index (χ3v) is 5.04. The van der Waals surface area contributed by atoms with Gasteiger partial charge in [-0.3, -0.25) is 9.59 Å². The number of aromatic nitrogens is 1. The monoisotopic (exact) mass is 388 g/mol. The van der Waals surface area contributed by atoms with Gasteiger partial charge in [-0.25, -0.2) is 9.37 Å². The summed E-state index contributed by atoms with van der Waals surface area (Å²) in [6, 6.07) is 8.89. The average molecular weight is 389 g/mol. The lowest BCUT2D eigenvalue weighted by molar-refractivity contribution is -0.117. The van der Waals surface area contributed by atoms with Crippen LogP contribution < -0.4 is 10.2 Å². The highest BCUT2D eigenvalue weighted by Crippen LogP contribution is 2.30. The second-order valence-electron chi connectivity index (χ2n) is 6.69. The van der Waals surface area contributed by atoms with Crippen LogP contribution in [0.15, 0.2) is 36.5 Å². The summed E-state index contributed by atoms with van der Waals surface area (Å²) in [7, 11) is 0. The number of nitrogens with one attached hydrogen (secondary N) is 1. The molecule has 27 heavy (non-hydrogen) atoms. The first-order valence-corrected chi connectivity index (χ1v) is 9.11.